The van der Waals surface area contributed by atoms with E-state index in [1.165, 1.54) is 12.1 Å². The first-order chi connectivity index (χ1) is 8.50. The second kappa shape index (κ2) is 7.28. The van der Waals surface area contributed by atoms with Crippen LogP contribution in [0.3, 0.4) is 0 Å². The van der Waals surface area contributed by atoms with E-state index in [1.54, 1.807) is 0 Å². The van der Waals surface area contributed by atoms with Gasteiger partial charge in [-0.1, -0.05) is 23.8 Å². The van der Waals surface area contributed by atoms with Gasteiger partial charge >= 0.3 is 0 Å². The van der Waals surface area contributed by atoms with E-state index in [0.717, 1.165) is 18.9 Å². The van der Waals surface area contributed by atoms with Crippen LogP contribution in [0.1, 0.15) is 29.6 Å². The van der Waals surface area contributed by atoms with Gasteiger partial charge in [0.2, 0.25) is 0 Å². The molecule has 3 N–H and O–H groups in total. The van der Waals surface area contributed by atoms with E-state index in [0.29, 0.717) is 18.0 Å². The number of amides is 1. The Balaban J connectivity index is 2.39. The van der Waals surface area contributed by atoms with Crippen molar-refractivity contribution in [2.45, 2.75) is 19.3 Å². The molecule has 0 unspecified atom stereocenters. The number of unbranched alkanes of at least 4 members (excludes halogenated alkanes) is 1. The number of benzene rings is 1. The Morgan fingerprint density at radius 3 is 2.78 bits per heavy atom. The Morgan fingerprint density at radius 1 is 1.44 bits per heavy atom. The Morgan fingerprint density at radius 2 is 2.17 bits per heavy atom. The monoisotopic (exact) mass is 288 g/mol. The first-order valence-corrected chi connectivity index (χ1v) is 6.31. The van der Waals surface area contributed by atoms with Crippen LogP contribution in [-0.4, -0.2) is 17.4 Å². The lowest BCUT2D eigenvalue weighted by Gasteiger charge is -2.06. The highest BCUT2D eigenvalue weighted by Crippen LogP contribution is 2.16. The molecule has 0 aliphatic rings. The molecular formula is C12H14ClFN2OS. The van der Waals surface area contributed by atoms with Crippen LogP contribution >= 0.6 is 23.8 Å². The molecule has 0 heterocycles. The summed E-state index contributed by atoms with van der Waals surface area (Å²) in [4.78, 5) is 12.2. The maximum absolute atomic E-state index is 12.8. The molecule has 0 saturated heterocycles. The van der Waals surface area contributed by atoms with Crippen LogP contribution in [0.15, 0.2) is 18.2 Å². The van der Waals surface area contributed by atoms with Crippen molar-refractivity contribution >= 4 is 34.7 Å². The molecule has 0 spiro atoms. The van der Waals surface area contributed by atoms with Crippen molar-refractivity contribution in [1.82, 2.24) is 5.32 Å². The predicted octanol–water partition coefficient (Wildman–Crippen LogP) is 2.67. The molecule has 1 aromatic rings. The number of rotatable bonds is 6. The lowest BCUT2D eigenvalue weighted by molar-refractivity contribution is 0.0953. The summed E-state index contributed by atoms with van der Waals surface area (Å²) in [6.45, 7) is 0.509. The number of hydrogen-bond acceptors (Lipinski definition) is 2. The van der Waals surface area contributed by atoms with Crippen molar-refractivity contribution in [3.8, 4) is 0 Å². The summed E-state index contributed by atoms with van der Waals surface area (Å²) < 4.78 is 12.8. The van der Waals surface area contributed by atoms with E-state index in [4.69, 9.17) is 29.6 Å². The van der Waals surface area contributed by atoms with Crippen LogP contribution < -0.4 is 11.1 Å². The minimum absolute atomic E-state index is 0.107. The van der Waals surface area contributed by atoms with Crippen molar-refractivity contribution in [3.63, 3.8) is 0 Å². The quantitative estimate of drug-likeness (QED) is 0.625. The average Bonchev–Trinajstić information content (AvgIpc) is 2.27. The standard InChI is InChI=1S/C12H14ClFN2OS/c13-10-7-8(14)4-5-9(10)12(17)16-6-2-1-3-11(15)18/h4-5,7H,1-3,6H2,(H2,15,18)(H,16,17). The first-order valence-electron chi connectivity index (χ1n) is 5.52. The SMILES string of the molecule is NC(=S)CCCCNC(=O)c1ccc(F)cc1Cl. The van der Waals surface area contributed by atoms with E-state index >= 15 is 0 Å². The lowest BCUT2D eigenvalue weighted by Crippen LogP contribution is -2.25. The Hall–Kier alpha value is -1.20. The van der Waals surface area contributed by atoms with Gasteiger partial charge in [-0.3, -0.25) is 4.79 Å². The zero-order chi connectivity index (χ0) is 13.5. The van der Waals surface area contributed by atoms with Crippen molar-refractivity contribution in [2.24, 2.45) is 5.73 Å². The summed E-state index contributed by atoms with van der Waals surface area (Å²) in [5.74, 6) is -0.775. The lowest BCUT2D eigenvalue weighted by atomic mass is 10.2. The largest absolute Gasteiger partial charge is 0.393 e. The highest BCUT2D eigenvalue weighted by Gasteiger charge is 2.10. The second-order valence-corrected chi connectivity index (χ2v) is 4.74. The number of carbonyl (C=O) groups is 1. The summed E-state index contributed by atoms with van der Waals surface area (Å²) in [6, 6.07) is 3.68. The third kappa shape index (κ3) is 4.98. The molecule has 0 aromatic heterocycles. The summed E-state index contributed by atoms with van der Waals surface area (Å²) in [5, 5.41) is 2.81. The number of halogens is 2. The van der Waals surface area contributed by atoms with E-state index < -0.39 is 5.82 Å². The molecule has 1 aromatic carbocycles. The van der Waals surface area contributed by atoms with Gasteiger partial charge in [0, 0.05) is 6.54 Å². The molecule has 1 rings (SSSR count). The molecule has 18 heavy (non-hydrogen) atoms. The van der Waals surface area contributed by atoms with E-state index in [2.05, 4.69) is 5.32 Å². The Bertz CT molecular complexity index is 454. The maximum Gasteiger partial charge on any atom is 0.252 e. The van der Waals surface area contributed by atoms with Gasteiger partial charge in [0.05, 0.1) is 15.6 Å². The van der Waals surface area contributed by atoms with Gasteiger partial charge in [-0.15, -0.1) is 0 Å². The van der Waals surface area contributed by atoms with Crippen molar-refractivity contribution in [3.05, 3.63) is 34.6 Å². The van der Waals surface area contributed by atoms with E-state index in [-0.39, 0.29) is 16.5 Å². The van der Waals surface area contributed by atoms with Gasteiger partial charge in [-0.2, -0.15) is 0 Å². The smallest absolute Gasteiger partial charge is 0.252 e. The average molecular weight is 289 g/mol. The minimum atomic E-state index is -0.465. The molecule has 0 aliphatic heterocycles. The molecule has 6 heteroatoms. The minimum Gasteiger partial charge on any atom is -0.393 e. The van der Waals surface area contributed by atoms with Crippen LogP contribution in [0.2, 0.25) is 5.02 Å². The first kappa shape index (κ1) is 14.9. The third-order valence-corrected chi connectivity index (χ3v) is 2.83. The zero-order valence-electron chi connectivity index (χ0n) is 9.71. The highest BCUT2D eigenvalue weighted by molar-refractivity contribution is 7.80. The van der Waals surface area contributed by atoms with Crippen LogP contribution in [-0.2, 0) is 0 Å². The van der Waals surface area contributed by atoms with Crippen LogP contribution in [0, 0.1) is 5.82 Å². The highest BCUT2D eigenvalue weighted by atomic mass is 35.5. The molecule has 0 aliphatic carbocycles. The topological polar surface area (TPSA) is 55.1 Å². The maximum atomic E-state index is 12.8. The van der Waals surface area contributed by atoms with Gasteiger partial charge in [0.15, 0.2) is 0 Å². The summed E-state index contributed by atoms with van der Waals surface area (Å²) in [6.07, 6.45) is 2.27. The summed E-state index contributed by atoms with van der Waals surface area (Å²) in [5.41, 5.74) is 5.62. The van der Waals surface area contributed by atoms with Gasteiger partial charge < -0.3 is 11.1 Å². The molecule has 0 atom stereocenters. The number of carbonyl (C=O) groups excluding carboxylic acids is 1. The molecular weight excluding hydrogens is 275 g/mol. The van der Waals surface area contributed by atoms with Crippen molar-refractivity contribution in [1.29, 1.82) is 0 Å². The van der Waals surface area contributed by atoms with Crippen LogP contribution in [0.5, 0.6) is 0 Å². The van der Waals surface area contributed by atoms with Crippen LogP contribution in [0.4, 0.5) is 4.39 Å². The molecule has 3 nitrogen and oxygen atoms in total. The molecule has 0 bridgehead atoms. The fourth-order valence-electron chi connectivity index (χ4n) is 1.39. The molecule has 0 fully saturated rings. The molecule has 98 valence electrons. The Labute approximate surface area is 115 Å². The van der Waals surface area contributed by atoms with Crippen molar-refractivity contribution in [2.75, 3.05) is 6.54 Å². The predicted molar refractivity (Wildman–Crippen MR) is 74.4 cm³/mol. The zero-order valence-corrected chi connectivity index (χ0v) is 11.3. The van der Waals surface area contributed by atoms with Gasteiger partial charge in [0.25, 0.3) is 5.91 Å². The third-order valence-electron chi connectivity index (χ3n) is 2.31. The molecule has 0 radical (unpaired) electrons. The van der Waals surface area contributed by atoms with Crippen LogP contribution in [0.25, 0.3) is 0 Å². The second-order valence-electron chi connectivity index (χ2n) is 3.80. The van der Waals surface area contributed by atoms with E-state index in [9.17, 15) is 9.18 Å². The molecule has 1 amide bonds. The fourth-order valence-corrected chi connectivity index (χ4v) is 1.79. The van der Waals surface area contributed by atoms with Gasteiger partial charge in [-0.25, -0.2) is 4.39 Å². The van der Waals surface area contributed by atoms with Crippen molar-refractivity contribution < 1.29 is 9.18 Å². The molecule has 0 saturated carbocycles. The number of thiocarbonyl (C=S) groups is 1. The van der Waals surface area contributed by atoms with Gasteiger partial charge in [-0.05, 0) is 37.5 Å². The summed E-state index contributed by atoms with van der Waals surface area (Å²) >= 11 is 10.5. The summed E-state index contributed by atoms with van der Waals surface area (Å²) in [7, 11) is 0. The van der Waals surface area contributed by atoms with Gasteiger partial charge in [0.1, 0.15) is 5.82 Å². The number of hydrogen-bond donors (Lipinski definition) is 2. The number of nitrogens with two attached hydrogens (primary N) is 1. The normalized spacial score (nSPS) is 10.1. The Kier molecular flexibility index (Phi) is 6.01. The number of nitrogens with one attached hydrogen (secondary N) is 1. The van der Waals surface area contributed by atoms with E-state index in [1.807, 2.05) is 0 Å². The fraction of sp³-hybridized carbons (Fsp3) is 0.333.